The van der Waals surface area contributed by atoms with Gasteiger partial charge in [0.15, 0.2) is 0 Å². The molecule has 1 aliphatic heterocycles. The van der Waals surface area contributed by atoms with Crippen molar-refractivity contribution < 1.29 is 29.3 Å². The fourth-order valence-corrected chi connectivity index (χ4v) is 4.23. The number of carbonyl (C=O) groups excluding carboxylic acids is 3. The molecule has 0 aliphatic carbocycles. The zero-order valence-corrected chi connectivity index (χ0v) is 20.7. The first kappa shape index (κ1) is 25.3. The van der Waals surface area contributed by atoms with E-state index < -0.39 is 29.5 Å². The average Bonchev–Trinajstić information content (AvgIpc) is 3.11. The maximum Gasteiger partial charge on any atom is 0.338 e. The van der Waals surface area contributed by atoms with Crippen molar-refractivity contribution in [2.24, 2.45) is 0 Å². The van der Waals surface area contributed by atoms with Gasteiger partial charge in [-0.2, -0.15) is 0 Å². The zero-order chi connectivity index (χ0) is 26.1. The normalized spacial score (nSPS) is 17.0. The van der Waals surface area contributed by atoms with Crippen LogP contribution in [-0.4, -0.2) is 34.0 Å². The van der Waals surface area contributed by atoms with Crippen LogP contribution in [0.1, 0.15) is 41.4 Å². The van der Waals surface area contributed by atoms with Gasteiger partial charge in [-0.05, 0) is 67.9 Å². The summed E-state index contributed by atoms with van der Waals surface area (Å²) < 4.78 is 5.25. The second kappa shape index (κ2) is 10.0. The number of halogens is 2. The molecule has 1 unspecified atom stereocenters. The number of ether oxygens (including phenoxy) is 1. The van der Waals surface area contributed by atoms with Crippen molar-refractivity contribution in [3.05, 3.63) is 99.0 Å². The summed E-state index contributed by atoms with van der Waals surface area (Å²) in [5.74, 6) is -2.86. The number of Topliss-reactive ketones (excluding diaryl/α,β-unsaturated/α-hetero) is 1. The molecule has 3 aromatic rings. The number of aliphatic hydroxyl groups excluding tert-OH is 1. The minimum absolute atomic E-state index is 0.0152. The minimum atomic E-state index is -1.06. The first-order valence-electron chi connectivity index (χ1n) is 10.9. The highest BCUT2D eigenvalue weighted by Crippen LogP contribution is 2.43. The molecule has 2 N–H and O–H groups in total. The molecule has 0 saturated carbocycles. The fourth-order valence-electron chi connectivity index (χ4n) is 3.93. The van der Waals surface area contributed by atoms with Gasteiger partial charge in [-0.15, -0.1) is 0 Å². The number of nitrogens with zero attached hydrogens (tertiary/aromatic N) is 1. The standard InChI is InChI=1S/C27H21Cl2NO6/c1-14(2)36-27(35)17-4-3-5-18(12-17)30-23(15-6-9-19(31)10-7-15)22(25(33)26(30)34)24(32)16-8-11-20(28)21(29)13-16/h3-14,23,31-32H,1-2H3/b24-22+. The van der Waals surface area contributed by atoms with E-state index in [9.17, 15) is 24.6 Å². The third kappa shape index (κ3) is 4.80. The number of hydrogen-bond acceptors (Lipinski definition) is 6. The maximum atomic E-state index is 13.3. The summed E-state index contributed by atoms with van der Waals surface area (Å²) in [6.45, 7) is 3.43. The fraction of sp³-hybridized carbons (Fsp3) is 0.148. The number of esters is 1. The van der Waals surface area contributed by atoms with Crippen molar-refractivity contribution in [3.63, 3.8) is 0 Å². The number of hydrogen-bond donors (Lipinski definition) is 2. The van der Waals surface area contributed by atoms with E-state index in [0.717, 1.165) is 0 Å². The van der Waals surface area contributed by atoms with Gasteiger partial charge in [-0.3, -0.25) is 14.5 Å². The minimum Gasteiger partial charge on any atom is -0.508 e. The Labute approximate surface area is 217 Å². The molecule has 0 radical (unpaired) electrons. The van der Waals surface area contributed by atoms with Gasteiger partial charge in [0.05, 0.1) is 33.3 Å². The Morgan fingerprint density at radius 3 is 2.28 bits per heavy atom. The predicted octanol–water partition coefficient (Wildman–Crippen LogP) is 5.89. The molecule has 9 heteroatoms. The Bertz CT molecular complexity index is 1400. The van der Waals surface area contributed by atoms with Crippen molar-refractivity contribution in [1.29, 1.82) is 0 Å². The molecule has 0 bridgehead atoms. The summed E-state index contributed by atoms with van der Waals surface area (Å²) in [5, 5.41) is 21.4. The number of rotatable bonds is 5. The molecule has 36 heavy (non-hydrogen) atoms. The van der Waals surface area contributed by atoms with Crippen molar-refractivity contribution in [3.8, 4) is 5.75 Å². The lowest BCUT2D eigenvalue weighted by atomic mass is 9.95. The molecule has 0 aromatic heterocycles. The van der Waals surface area contributed by atoms with Crippen LogP contribution in [0.3, 0.4) is 0 Å². The van der Waals surface area contributed by atoms with Crippen molar-refractivity contribution in [2.45, 2.75) is 26.0 Å². The SMILES string of the molecule is CC(C)OC(=O)c1cccc(N2C(=O)C(=O)/C(=C(/O)c3ccc(Cl)c(Cl)c3)C2c2ccc(O)cc2)c1. The van der Waals surface area contributed by atoms with Crippen LogP contribution in [0.25, 0.3) is 5.76 Å². The van der Waals surface area contributed by atoms with Gasteiger partial charge in [-0.25, -0.2) is 4.79 Å². The number of benzene rings is 3. The van der Waals surface area contributed by atoms with E-state index in [4.69, 9.17) is 27.9 Å². The molecule has 7 nitrogen and oxygen atoms in total. The summed E-state index contributed by atoms with van der Waals surface area (Å²) in [6.07, 6.45) is -0.349. The van der Waals surface area contributed by atoms with E-state index in [0.29, 0.717) is 5.56 Å². The van der Waals surface area contributed by atoms with E-state index in [1.165, 1.54) is 59.5 Å². The number of carbonyl (C=O) groups is 3. The lowest BCUT2D eigenvalue weighted by molar-refractivity contribution is -0.132. The van der Waals surface area contributed by atoms with Gasteiger partial charge < -0.3 is 14.9 Å². The van der Waals surface area contributed by atoms with Crippen LogP contribution in [0.5, 0.6) is 5.75 Å². The Morgan fingerprint density at radius 1 is 0.944 bits per heavy atom. The van der Waals surface area contributed by atoms with Crippen LogP contribution >= 0.6 is 23.2 Å². The lowest BCUT2D eigenvalue weighted by Gasteiger charge is -2.26. The topological polar surface area (TPSA) is 104 Å². The predicted molar refractivity (Wildman–Crippen MR) is 136 cm³/mol. The van der Waals surface area contributed by atoms with E-state index >= 15 is 0 Å². The van der Waals surface area contributed by atoms with E-state index in [2.05, 4.69) is 0 Å². The molecule has 0 spiro atoms. The highest BCUT2D eigenvalue weighted by atomic mass is 35.5. The van der Waals surface area contributed by atoms with E-state index in [1.54, 1.807) is 26.0 Å². The highest BCUT2D eigenvalue weighted by Gasteiger charge is 2.47. The van der Waals surface area contributed by atoms with Gasteiger partial charge in [0.2, 0.25) is 0 Å². The van der Waals surface area contributed by atoms with Crippen LogP contribution in [0.2, 0.25) is 10.0 Å². The Kier molecular flexibility index (Phi) is 7.06. The second-order valence-electron chi connectivity index (χ2n) is 8.39. The van der Waals surface area contributed by atoms with E-state index in [-0.39, 0.29) is 44.3 Å². The van der Waals surface area contributed by atoms with Gasteiger partial charge in [-0.1, -0.05) is 41.4 Å². The van der Waals surface area contributed by atoms with Crippen LogP contribution in [0.15, 0.2) is 72.3 Å². The summed E-state index contributed by atoms with van der Waals surface area (Å²) in [4.78, 5) is 40.2. The second-order valence-corrected chi connectivity index (χ2v) is 9.21. The van der Waals surface area contributed by atoms with E-state index in [1.807, 2.05) is 0 Å². The molecule has 3 aromatic carbocycles. The van der Waals surface area contributed by atoms with Crippen molar-refractivity contribution >= 4 is 52.3 Å². The summed E-state index contributed by atoms with van der Waals surface area (Å²) in [5.41, 5.74) is 0.905. The van der Waals surface area contributed by atoms with Crippen LogP contribution in [0.4, 0.5) is 5.69 Å². The van der Waals surface area contributed by atoms with Crippen LogP contribution < -0.4 is 4.90 Å². The smallest absolute Gasteiger partial charge is 0.338 e. The van der Waals surface area contributed by atoms with Crippen molar-refractivity contribution in [2.75, 3.05) is 4.90 Å². The molecule has 1 fully saturated rings. The van der Waals surface area contributed by atoms with Crippen LogP contribution in [-0.2, 0) is 14.3 Å². The average molecular weight is 526 g/mol. The third-order valence-electron chi connectivity index (χ3n) is 5.55. The van der Waals surface area contributed by atoms with Crippen molar-refractivity contribution in [1.82, 2.24) is 0 Å². The molecule has 1 aliphatic rings. The summed E-state index contributed by atoms with van der Waals surface area (Å²) in [7, 11) is 0. The molecule has 4 rings (SSSR count). The zero-order valence-electron chi connectivity index (χ0n) is 19.2. The number of aromatic hydroxyl groups is 1. The summed E-state index contributed by atoms with van der Waals surface area (Å²) in [6, 6.07) is 15.3. The largest absolute Gasteiger partial charge is 0.508 e. The molecule has 1 atom stereocenters. The van der Waals surface area contributed by atoms with Crippen LogP contribution in [0, 0.1) is 0 Å². The Balaban J connectivity index is 1.90. The monoisotopic (exact) mass is 525 g/mol. The molecule has 1 heterocycles. The first-order valence-corrected chi connectivity index (χ1v) is 11.7. The molecule has 184 valence electrons. The Morgan fingerprint density at radius 2 is 1.64 bits per heavy atom. The molecule has 1 saturated heterocycles. The lowest BCUT2D eigenvalue weighted by Crippen LogP contribution is -2.29. The van der Waals surface area contributed by atoms with Gasteiger partial charge >= 0.3 is 5.97 Å². The Hall–Kier alpha value is -3.81. The number of amides is 1. The number of anilines is 1. The highest BCUT2D eigenvalue weighted by molar-refractivity contribution is 6.52. The number of ketones is 1. The first-order chi connectivity index (χ1) is 17.1. The van der Waals surface area contributed by atoms with Gasteiger partial charge in [0, 0.05) is 11.3 Å². The molecule has 1 amide bonds. The third-order valence-corrected chi connectivity index (χ3v) is 6.29. The van der Waals surface area contributed by atoms with Gasteiger partial charge in [0.25, 0.3) is 11.7 Å². The maximum absolute atomic E-state index is 13.3. The molecular formula is C27H21Cl2NO6. The number of aliphatic hydroxyl groups is 1. The van der Waals surface area contributed by atoms with Gasteiger partial charge in [0.1, 0.15) is 11.5 Å². The molecular weight excluding hydrogens is 505 g/mol. The summed E-state index contributed by atoms with van der Waals surface area (Å²) >= 11 is 12.1. The number of phenolic OH excluding ortho intramolecular Hbond substituents is 1. The number of phenols is 1. The quantitative estimate of drug-likeness (QED) is 0.186.